The average molecular weight is 394 g/mol. The van der Waals surface area contributed by atoms with Crippen molar-refractivity contribution < 1.29 is 13.9 Å². The second kappa shape index (κ2) is 7.90. The van der Waals surface area contributed by atoms with Crippen LogP contribution in [0.25, 0.3) is 11.0 Å². The van der Waals surface area contributed by atoms with Gasteiger partial charge in [0.1, 0.15) is 11.3 Å². The molecule has 1 aliphatic heterocycles. The van der Waals surface area contributed by atoms with Gasteiger partial charge in [0, 0.05) is 44.6 Å². The summed E-state index contributed by atoms with van der Waals surface area (Å²) in [6.45, 7) is 6.17. The van der Waals surface area contributed by atoms with E-state index < -0.39 is 5.63 Å². The molecule has 1 fully saturated rings. The van der Waals surface area contributed by atoms with Crippen molar-refractivity contribution >= 4 is 22.8 Å². The van der Waals surface area contributed by atoms with Crippen LogP contribution in [0.4, 0.5) is 5.95 Å². The van der Waals surface area contributed by atoms with E-state index in [9.17, 15) is 9.59 Å². The molecule has 3 aromatic rings. The largest absolute Gasteiger partial charge is 0.483 e. The maximum atomic E-state index is 12.7. The van der Waals surface area contributed by atoms with E-state index in [1.807, 2.05) is 19.9 Å². The maximum Gasteiger partial charge on any atom is 0.336 e. The Morgan fingerprint density at radius 1 is 1.10 bits per heavy atom. The van der Waals surface area contributed by atoms with Crippen molar-refractivity contribution in [3.63, 3.8) is 0 Å². The third kappa shape index (κ3) is 4.06. The van der Waals surface area contributed by atoms with Crippen LogP contribution >= 0.6 is 0 Å². The number of fused-ring (bicyclic) bond motifs is 1. The highest BCUT2D eigenvalue weighted by molar-refractivity contribution is 5.88. The van der Waals surface area contributed by atoms with Gasteiger partial charge < -0.3 is 19.0 Å². The molecule has 0 unspecified atom stereocenters. The van der Waals surface area contributed by atoms with Gasteiger partial charge in [0.05, 0.1) is 5.39 Å². The van der Waals surface area contributed by atoms with Crippen molar-refractivity contribution in [2.45, 2.75) is 13.8 Å². The molecule has 1 aromatic carbocycles. The van der Waals surface area contributed by atoms with Crippen LogP contribution in [-0.4, -0.2) is 53.6 Å². The number of nitrogens with zero attached hydrogens (tertiary/aromatic N) is 4. The van der Waals surface area contributed by atoms with E-state index in [0.717, 1.165) is 11.1 Å². The van der Waals surface area contributed by atoms with E-state index >= 15 is 0 Å². The molecule has 0 spiro atoms. The Balaban J connectivity index is 1.42. The summed E-state index contributed by atoms with van der Waals surface area (Å²) < 4.78 is 11.1. The fourth-order valence-electron chi connectivity index (χ4n) is 3.53. The van der Waals surface area contributed by atoms with Gasteiger partial charge in [0.25, 0.3) is 5.91 Å². The smallest absolute Gasteiger partial charge is 0.336 e. The standard InChI is InChI=1S/C21H22N4O4/c1-14-10-16(20-15(2)12-19(27)29-17(20)11-14)28-13-18(26)24-6-8-25(9-7-24)21-22-4-3-5-23-21/h3-5,10-12H,6-9,13H2,1-2H3. The van der Waals surface area contributed by atoms with E-state index in [2.05, 4.69) is 14.9 Å². The summed E-state index contributed by atoms with van der Waals surface area (Å²) in [5, 5.41) is 0.717. The van der Waals surface area contributed by atoms with E-state index in [1.165, 1.54) is 6.07 Å². The zero-order chi connectivity index (χ0) is 20.4. The first-order valence-corrected chi connectivity index (χ1v) is 9.49. The van der Waals surface area contributed by atoms with Gasteiger partial charge in [-0.05, 0) is 43.2 Å². The number of carbonyl (C=O) groups is 1. The number of amides is 1. The van der Waals surface area contributed by atoms with Gasteiger partial charge in [-0.1, -0.05) is 0 Å². The average Bonchev–Trinajstić information content (AvgIpc) is 2.72. The zero-order valence-electron chi connectivity index (χ0n) is 16.4. The maximum absolute atomic E-state index is 12.7. The van der Waals surface area contributed by atoms with Crippen LogP contribution in [0.3, 0.4) is 0 Å². The Morgan fingerprint density at radius 3 is 2.55 bits per heavy atom. The van der Waals surface area contributed by atoms with Gasteiger partial charge in [-0.15, -0.1) is 0 Å². The molecule has 0 atom stereocenters. The fraction of sp³-hybridized carbons (Fsp3) is 0.333. The number of piperazine rings is 1. The second-order valence-corrected chi connectivity index (χ2v) is 7.09. The third-order valence-electron chi connectivity index (χ3n) is 4.97. The summed E-state index contributed by atoms with van der Waals surface area (Å²) in [5.41, 5.74) is 1.72. The number of carbonyl (C=O) groups excluding carboxylic acids is 1. The molecule has 0 bridgehead atoms. The molecule has 150 valence electrons. The van der Waals surface area contributed by atoms with Crippen molar-refractivity contribution in [2.75, 3.05) is 37.7 Å². The van der Waals surface area contributed by atoms with Gasteiger partial charge in [0.2, 0.25) is 5.95 Å². The van der Waals surface area contributed by atoms with Gasteiger partial charge >= 0.3 is 5.63 Å². The van der Waals surface area contributed by atoms with Gasteiger partial charge in [0.15, 0.2) is 6.61 Å². The molecular formula is C21H22N4O4. The summed E-state index contributed by atoms with van der Waals surface area (Å²) in [6.07, 6.45) is 3.42. The summed E-state index contributed by atoms with van der Waals surface area (Å²) in [7, 11) is 0. The van der Waals surface area contributed by atoms with Crippen LogP contribution in [0.5, 0.6) is 5.75 Å². The molecule has 29 heavy (non-hydrogen) atoms. The number of ether oxygens (including phenoxy) is 1. The molecule has 0 saturated carbocycles. The summed E-state index contributed by atoms with van der Waals surface area (Å²) in [6, 6.07) is 6.86. The first kappa shape index (κ1) is 18.9. The second-order valence-electron chi connectivity index (χ2n) is 7.09. The molecule has 0 radical (unpaired) electrons. The number of rotatable bonds is 4. The van der Waals surface area contributed by atoms with Crippen LogP contribution in [-0.2, 0) is 4.79 Å². The Labute approximate surface area is 167 Å². The Kier molecular flexibility index (Phi) is 5.16. The van der Waals surface area contributed by atoms with Gasteiger partial charge in [-0.2, -0.15) is 0 Å². The summed E-state index contributed by atoms with van der Waals surface area (Å²) >= 11 is 0. The Morgan fingerprint density at radius 2 is 1.83 bits per heavy atom. The number of anilines is 1. The highest BCUT2D eigenvalue weighted by Gasteiger charge is 2.23. The molecule has 8 heteroatoms. The van der Waals surface area contributed by atoms with Crippen molar-refractivity contribution in [3.8, 4) is 5.75 Å². The van der Waals surface area contributed by atoms with Crippen molar-refractivity contribution in [3.05, 3.63) is 58.2 Å². The van der Waals surface area contributed by atoms with Crippen LogP contribution in [0, 0.1) is 13.8 Å². The topological polar surface area (TPSA) is 88.8 Å². The highest BCUT2D eigenvalue weighted by atomic mass is 16.5. The third-order valence-corrected chi connectivity index (χ3v) is 4.97. The molecule has 0 aliphatic carbocycles. The first-order valence-electron chi connectivity index (χ1n) is 9.49. The van der Waals surface area contributed by atoms with E-state index in [1.54, 1.807) is 29.4 Å². The van der Waals surface area contributed by atoms with Crippen LogP contribution in [0.1, 0.15) is 11.1 Å². The minimum atomic E-state index is -0.400. The predicted octanol–water partition coefficient (Wildman–Crippen LogP) is 1.93. The lowest BCUT2D eigenvalue weighted by molar-refractivity contribution is -0.133. The van der Waals surface area contributed by atoms with E-state index in [4.69, 9.17) is 9.15 Å². The van der Waals surface area contributed by atoms with Crippen LogP contribution in [0.15, 0.2) is 45.9 Å². The molecule has 2 aromatic heterocycles. The van der Waals surface area contributed by atoms with Crippen molar-refractivity contribution in [2.24, 2.45) is 0 Å². The van der Waals surface area contributed by atoms with Gasteiger partial charge in [-0.25, -0.2) is 14.8 Å². The molecule has 0 N–H and O–H groups in total. The van der Waals surface area contributed by atoms with Crippen molar-refractivity contribution in [1.82, 2.24) is 14.9 Å². The first-order chi connectivity index (χ1) is 14.0. The SMILES string of the molecule is Cc1cc(OCC(=O)N2CCN(c3ncccn3)CC2)c2c(C)cc(=O)oc2c1. The Bertz CT molecular complexity index is 1090. The lowest BCUT2D eigenvalue weighted by atomic mass is 10.1. The lowest BCUT2D eigenvalue weighted by Gasteiger charge is -2.34. The minimum absolute atomic E-state index is 0.0705. The Hall–Kier alpha value is -3.42. The molecule has 1 saturated heterocycles. The monoisotopic (exact) mass is 394 g/mol. The van der Waals surface area contributed by atoms with Gasteiger partial charge in [-0.3, -0.25) is 4.79 Å². The fourth-order valence-corrected chi connectivity index (χ4v) is 3.53. The predicted molar refractivity (Wildman–Crippen MR) is 108 cm³/mol. The summed E-state index contributed by atoms with van der Waals surface area (Å²) in [5.74, 6) is 1.15. The van der Waals surface area contributed by atoms with Crippen LogP contribution < -0.4 is 15.3 Å². The molecule has 8 nitrogen and oxygen atoms in total. The highest BCUT2D eigenvalue weighted by Crippen LogP contribution is 2.29. The van der Waals surface area contributed by atoms with E-state index in [0.29, 0.717) is 48.8 Å². The molecule has 1 amide bonds. The number of benzene rings is 1. The lowest BCUT2D eigenvalue weighted by Crippen LogP contribution is -2.50. The molecule has 3 heterocycles. The number of aryl methyl sites for hydroxylation is 2. The van der Waals surface area contributed by atoms with Crippen molar-refractivity contribution in [1.29, 1.82) is 0 Å². The normalized spacial score (nSPS) is 14.3. The quantitative estimate of drug-likeness (QED) is 0.625. The minimum Gasteiger partial charge on any atom is -0.483 e. The zero-order valence-corrected chi connectivity index (χ0v) is 16.4. The summed E-state index contributed by atoms with van der Waals surface area (Å²) in [4.78, 5) is 36.7. The molecule has 1 aliphatic rings. The molecule has 4 rings (SSSR count). The van der Waals surface area contributed by atoms with E-state index in [-0.39, 0.29) is 12.5 Å². The number of hydrogen-bond donors (Lipinski definition) is 0. The van der Waals surface area contributed by atoms with Crippen LogP contribution in [0.2, 0.25) is 0 Å². The molecular weight excluding hydrogens is 372 g/mol. The number of aromatic nitrogens is 2. The number of hydrogen-bond acceptors (Lipinski definition) is 7.